The van der Waals surface area contributed by atoms with E-state index in [4.69, 9.17) is 24.9 Å². The molecule has 0 bridgehead atoms. The van der Waals surface area contributed by atoms with Crippen molar-refractivity contribution < 1.29 is 0 Å². The van der Waals surface area contributed by atoms with E-state index in [0.717, 1.165) is 60.5 Å². The molecule has 0 saturated carbocycles. The van der Waals surface area contributed by atoms with Crippen LogP contribution in [0.15, 0.2) is 134 Å². The predicted molar refractivity (Wildman–Crippen MR) is 174 cm³/mol. The van der Waals surface area contributed by atoms with Gasteiger partial charge >= 0.3 is 0 Å². The second-order valence-corrected chi connectivity index (χ2v) is 10.5. The van der Waals surface area contributed by atoms with Gasteiger partial charge in [0, 0.05) is 39.0 Å². The van der Waals surface area contributed by atoms with Crippen LogP contribution in [0.3, 0.4) is 0 Å². The lowest BCUT2D eigenvalue weighted by molar-refractivity contribution is 1.07. The zero-order chi connectivity index (χ0) is 29.5. The summed E-state index contributed by atoms with van der Waals surface area (Å²) < 4.78 is 0. The Morgan fingerprint density at radius 2 is 1.09 bits per heavy atom. The highest BCUT2D eigenvalue weighted by Crippen LogP contribution is 2.35. The van der Waals surface area contributed by atoms with Crippen LogP contribution in [0.2, 0.25) is 0 Å². The maximum absolute atomic E-state index is 9.37. The molecule has 204 valence electrons. The van der Waals surface area contributed by atoms with E-state index in [2.05, 4.69) is 48.5 Å². The highest BCUT2D eigenvalue weighted by molar-refractivity contribution is 6.12. The van der Waals surface area contributed by atoms with Crippen molar-refractivity contribution in [3.63, 3.8) is 0 Å². The van der Waals surface area contributed by atoms with E-state index in [9.17, 15) is 5.26 Å². The minimum absolute atomic E-state index is 0.586. The Morgan fingerprint density at radius 3 is 1.73 bits per heavy atom. The molecule has 0 saturated heterocycles. The fourth-order valence-corrected chi connectivity index (χ4v) is 5.57. The summed E-state index contributed by atoms with van der Waals surface area (Å²) in [4.78, 5) is 24.2. The molecule has 0 atom stereocenters. The molecular weight excluding hydrogens is 540 g/mol. The molecule has 5 aromatic carbocycles. The molecule has 3 aromatic heterocycles. The number of fused-ring (bicyclic) bond motifs is 4. The van der Waals surface area contributed by atoms with Crippen molar-refractivity contribution >= 4 is 32.7 Å². The van der Waals surface area contributed by atoms with Crippen molar-refractivity contribution in [3.05, 3.63) is 139 Å². The molecule has 0 aliphatic heterocycles. The molecule has 0 spiro atoms. The zero-order valence-corrected chi connectivity index (χ0v) is 23.4. The van der Waals surface area contributed by atoms with Gasteiger partial charge in [-0.15, -0.1) is 0 Å². The maximum atomic E-state index is 9.37. The molecule has 0 aliphatic rings. The van der Waals surface area contributed by atoms with Crippen molar-refractivity contribution in [1.29, 1.82) is 5.26 Å². The first-order valence-electron chi connectivity index (χ1n) is 14.2. The van der Waals surface area contributed by atoms with Crippen LogP contribution in [0, 0.1) is 11.3 Å². The van der Waals surface area contributed by atoms with Crippen LogP contribution in [0.5, 0.6) is 0 Å². The number of pyridine rings is 2. The molecule has 8 aromatic rings. The molecule has 0 N–H and O–H groups in total. The van der Waals surface area contributed by atoms with E-state index in [1.165, 1.54) is 0 Å². The molecule has 0 unspecified atom stereocenters. The standard InChI is InChI=1S/C38H22N6/c39-23-24-13-14-29-21-30-22-32(31-12-7-19-40-35(31)34(30)41-33(29)20-24)25-15-17-28(18-16-25)38-43-36(26-8-3-1-4-9-26)42-37(44-38)27-10-5-2-6-11-27/h1-22H. The van der Waals surface area contributed by atoms with Crippen LogP contribution in [0.25, 0.3) is 78.0 Å². The summed E-state index contributed by atoms with van der Waals surface area (Å²) in [6.07, 6.45) is 1.79. The number of hydrogen-bond donors (Lipinski definition) is 0. The van der Waals surface area contributed by atoms with Crippen molar-refractivity contribution in [2.24, 2.45) is 0 Å². The van der Waals surface area contributed by atoms with Gasteiger partial charge in [-0.3, -0.25) is 4.98 Å². The third kappa shape index (κ3) is 4.50. The molecule has 8 rings (SSSR count). The molecule has 3 heterocycles. The number of aromatic nitrogens is 5. The van der Waals surface area contributed by atoms with E-state index in [1.807, 2.05) is 84.9 Å². The van der Waals surface area contributed by atoms with E-state index < -0.39 is 0 Å². The second kappa shape index (κ2) is 10.5. The highest BCUT2D eigenvalue weighted by atomic mass is 15.0. The van der Waals surface area contributed by atoms with E-state index in [-0.39, 0.29) is 0 Å². The summed E-state index contributed by atoms with van der Waals surface area (Å²) in [6.45, 7) is 0. The molecule has 0 amide bonds. The average Bonchev–Trinajstić information content (AvgIpc) is 3.11. The molecular formula is C38H22N6. The number of rotatable bonds is 4. The SMILES string of the molecule is N#Cc1ccc2cc3cc(-c4ccc(-c5nc(-c6ccccc6)nc(-c6ccccc6)n5)cc4)c4cccnc4c3nc2c1. The molecule has 6 heteroatoms. The smallest absolute Gasteiger partial charge is 0.164 e. The van der Waals surface area contributed by atoms with E-state index >= 15 is 0 Å². The lowest BCUT2D eigenvalue weighted by Crippen LogP contribution is -2.00. The van der Waals surface area contributed by atoms with Gasteiger partial charge in [0.1, 0.15) is 0 Å². The van der Waals surface area contributed by atoms with Crippen LogP contribution >= 0.6 is 0 Å². The Morgan fingerprint density at radius 1 is 0.477 bits per heavy atom. The van der Waals surface area contributed by atoms with E-state index in [0.29, 0.717) is 23.0 Å². The van der Waals surface area contributed by atoms with E-state index in [1.54, 1.807) is 6.20 Å². The van der Waals surface area contributed by atoms with Crippen LogP contribution in [-0.4, -0.2) is 24.9 Å². The highest BCUT2D eigenvalue weighted by Gasteiger charge is 2.15. The topological polar surface area (TPSA) is 88.2 Å². The van der Waals surface area contributed by atoms with Gasteiger partial charge in [-0.25, -0.2) is 19.9 Å². The molecule has 6 nitrogen and oxygen atoms in total. The third-order valence-electron chi connectivity index (χ3n) is 7.75. The first kappa shape index (κ1) is 25.4. The summed E-state index contributed by atoms with van der Waals surface area (Å²) in [5, 5.41) is 12.3. The first-order chi connectivity index (χ1) is 21.7. The van der Waals surface area contributed by atoms with Crippen molar-refractivity contribution in [2.45, 2.75) is 0 Å². The second-order valence-electron chi connectivity index (χ2n) is 10.5. The monoisotopic (exact) mass is 562 g/mol. The maximum Gasteiger partial charge on any atom is 0.164 e. The summed E-state index contributed by atoms with van der Waals surface area (Å²) in [5.74, 6) is 1.88. The van der Waals surface area contributed by atoms with Gasteiger partial charge in [0.15, 0.2) is 17.5 Å². The van der Waals surface area contributed by atoms with Gasteiger partial charge in [-0.1, -0.05) is 97.1 Å². The average molecular weight is 563 g/mol. The minimum Gasteiger partial charge on any atom is -0.254 e. The normalized spacial score (nSPS) is 11.2. The Labute approximate surface area is 253 Å². The summed E-state index contributed by atoms with van der Waals surface area (Å²) in [7, 11) is 0. The third-order valence-corrected chi connectivity index (χ3v) is 7.75. The lowest BCUT2D eigenvalue weighted by atomic mass is 9.96. The van der Waals surface area contributed by atoms with Crippen LogP contribution in [0.1, 0.15) is 5.56 Å². The number of benzene rings is 5. The van der Waals surface area contributed by atoms with Gasteiger partial charge in [-0.2, -0.15) is 5.26 Å². The van der Waals surface area contributed by atoms with Crippen molar-refractivity contribution in [2.75, 3.05) is 0 Å². The van der Waals surface area contributed by atoms with Gasteiger partial charge < -0.3 is 0 Å². The molecule has 0 fully saturated rings. The fourth-order valence-electron chi connectivity index (χ4n) is 5.57. The fraction of sp³-hybridized carbons (Fsp3) is 0. The van der Waals surface area contributed by atoms with Gasteiger partial charge in [0.05, 0.1) is 28.2 Å². The Hall–Kier alpha value is -6.32. The van der Waals surface area contributed by atoms with Crippen LogP contribution < -0.4 is 0 Å². The number of hydrogen-bond acceptors (Lipinski definition) is 6. The van der Waals surface area contributed by atoms with Crippen molar-refractivity contribution in [1.82, 2.24) is 24.9 Å². The summed E-state index contributed by atoms with van der Waals surface area (Å²) in [6, 6.07) is 44.4. The minimum atomic E-state index is 0.586. The summed E-state index contributed by atoms with van der Waals surface area (Å²) >= 11 is 0. The van der Waals surface area contributed by atoms with Gasteiger partial charge in [0.2, 0.25) is 0 Å². The molecule has 0 radical (unpaired) electrons. The predicted octanol–water partition coefficient (Wildman–Crippen LogP) is 8.66. The Kier molecular flexibility index (Phi) is 6.06. The van der Waals surface area contributed by atoms with Gasteiger partial charge in [0.25, 0.3) is 0 Å². The van der Waals surface area contributed by atoms with Crippen LogP contribution in [-0.2, 0) is 0 Å². The number of nitriles is 1. The Bertz CT molecular complexity index is 2320. The lowest BCUT2D eigenvalue weighted by Gasteiger charge is -2.12. The zero-order valence-electron chi connectivity index (χ0n) is 23.4. The molecule has 44 heavy (non-hydrogen) atoms. The summed E-state index contributed by atoms with van der Waals surface area (Å²) in [5.41, 5.74) is 7.89. The van der Waals surface area contributed by atoms with Crippen molar-refractivity contribution in [3.8, 4) is 51.4 Å². The quantitative estimate of drug-likeness (QED) is 0.158. The largest absolute Gasteiger partial charge is 0.254 e. The Balaban J connectivity index is 1.26. The first-order valence-corrected chi connectivity index (χ1v) is 14.2. The number of nitrogens with zero attached hydrogens (tertiary/aromatic N) is 6. The molecule has 0 aliphatic carbocycles. The van der Waals surface area contributed by atoms with Gasteiger partial charge in [-0.05, 0) is 41.5 Å². The van der Waals surface area contributed by atoms with Crippen LogP contribution in [0.4, 0.5) is 0 Å².